The third-order valence-electron chi connectivity index (χ3n) is 2.70. The lowest BCUT2D eigenvalue weighted by Crippen LogP contribution is -1.99. The molecule has 3 aromatic rings. The summed E-state index contributed by atoms with van der Waals surface area (Å²) in [7, 11) is 0. The van der Waals surface area contributed by atoms with Crippen LogP contribution in [0.3, 0.4) is 0 Å². The number of nitrogens with zero attached hydrogens (tertiary/aromatic N) is 4. The Morgan fingerprint density at radius 2 is 2.05 bits per heavy atom. The second-order valence-electron chi connectivity index (χ2n) is 3.97. The zero-order chi connectivity index (χ0) is 13.6. The Morgan fingerprint density at radius 1 is 1.26 bits per heavy atom. The zero-order valence-electron chi connectivity index (χ0n) is 9.73. The molecule has 0 aliphatic heterocycles. The Kier molecular flexibility index (Phi) is 3.14. The molecule has 96 valence electrons. The molecule has 19 heavy (non-hydrogen) atoms. The number of hydrogen-bond acceptors (Lipinski definition) is 3. The average molecular weight is 389 g/mol. The molecule has 0 saturated heterocycles. The van der Waals surface area contributed by atoms with E-state index in [1.165, 1.54) is 12.1 Å². The van der Waals surface area contributed by atoms with Crippen molar-refractivity contribution in [2.45, 2.75) is 6.92 Å². The number of halogens is 3. The number of rotatable bonds is 1. The highest BCUT2D eigenvalue weighted by Crippen LogP contribution is 2.26. The quantitative estimate of drug-likeness (QED) is 0.473. The van der Waals surface area contributed by atoms with Gasteiger partial charge < -0.3 is 0 Å². The van der Waals surface area contributed by atoms with Crippen LogP contribution < -0.4 is 0 Å². The fourth-order valence-electron chi connectivity index (χ4n) is 1.90. The minimum Gasteiger partial charge on any atom is -0.263 e. The van der Waals surface area contributed by atoms with E-state index in [1.807, 2.05) is 6.92 Å². The number of hydrogen-bond donors (Lipinski definition) is 0. The lowest BCUT2D eigenvalue weighted by molar-refractivity contribution is 0.627. The number of fused-ring (bicyclic) bond motifs is 1. The van der Waals surface area contributed by atoms with Crippen molar-refractivity contribution >= 4 is 39.8 Å². The van der Waals surface area contributed by atoms with Crippen LogP contribution in [0.5, 0.6) is 0 Å². The Morgan fingerprint density at radius 3 is 2.79 bits per heavy atom. The van der Waals surface area contributed by atoms with E-state index >= 15 is 0 Å². The number of benzene rings is 1. The summed E-state index contributed by atoms with van der Waals surface area (Å²) in [5.41, 5.74) is 1.43. The van der Waals surface area contributed by atoms with Gasteiger partial charge in [-0.05, 0) is 47.7 Å². The first kappa shape index (κ1) is 12.7. The van der Waals surface area contributed by atoms with E-state index < -0.39 is 0 Å². The summed E-state index contributed by atoms with van der Waals surface area (Å²) in [5, 5.41) is 8.59. The molecule has 0 amide bonds. The number of aryl methyl sites for hydroxylation is 1. The van der Waals surface area contributed by atoms with Gasteiger partial charge in [-0.15, -0.1) is 10.2 Å². The van der Waals surface area contributed by atoms with E-state index in [1.54, 1.807) is 16.5 Å². The summed E-state index contributed by atoms with van der Waals surface area (Å²) in [6, 6.07) is 6.18. The van der Waals surface area contributed by atoms with Crippen molar-refractivity contribution in [3.63, 3.8) is 0 Å². The van der Waals surface area contributed by atoms with Gasteiger partial charge in [0.2, 0.25) is 0 Å². The Hall–Kier alpha value is -1.28. The summed E-state index contributed by atoms with van der Waals surface area (Å²) in [4.78, 5) is 4.18. The highest BCUT2D eigenvalue weighted by Gasteiger charge is 2.14. The maximum atomic E-state index is 13.2. The van der Waals surface area contributed by atoms with Crippen LogP contribution in [0.15, 0.2) is 24.3 Å². The molecule has 0 spiro atoms. The Bertz CT molecular complexity index is 787. The van der Waals surface area contributed by atoms with Crippen LogP contribution in [0, 0.1) is 16.3 Å². The van der Waals surface area contributed by atoms with Crippen molar-refractivity contribution in [2.24, 2.45) is 0 Å². The molecular weight excluding hydrogens is 382 g/mol. The van der Waals surface area contributed by atoms with E-state index in [2.05, 4.69) is 37.8 Å². The summed E-state index contributed by atoms with van der Waals surface area (Å²) in [6.07, 6.45) is 0. The third kappa shape index (κ3) is 2.18. The van der Waals surface area contributed by atoms with Gasteiger partial charge in [0.05, 0.1) is 0 Å². The fourth-order valence-corrected chi connectivity index (χ4v) is 2.84. The first-order valence-electron chi connectivity index (χ1n) is 5.40. The predicted molar refractivity (Wildman–Crippen MR) is 78.6 cm³/mol. The van der Waals surface area contributed by atoms with Crippen molar-refractivity contribution < 1.29 is 4.39 Å². The van der Waals surface area contributed by atoms with E-state index in [0.717, 1.165) is 9.13 Å². The molecule has 7 heteroatoms. The lowest BCUT2D eigenvalue weighted by atomic mass is 10.2. The molecule has 0 aliphatic carbocycles. The summed E-state index contributed by atoms with van der Waals surface area (Å²) >= 11 is 7.96. The predicted octanol–water partition coefficient (Wildman–Crippen LogP) is 3.50. The molecular formula is C12H7ClFIN4. The molecule has 0 unspecified atom stereocenters. The normalized spacial score (nSPS) is 11.2. The molecule has 0 N–H and O–H groups in total. The molecule has 0 bridgehead atoms. The van der Waals surface area contributed by atoms with Gasteiger partial charge >= 0.3 is 0 Å². The molecule has 1 aromatic carbocycles. The van der Waals surface area contributed by atoms with Crippen molar-refractivity contribution in [3.8, 4) is 11.4 Å². The standard InChI is InChI=1S/C12H7ClFIN4/c1-6-16-10(13)5-11-17-18-12(19(6)11)8-3-2-7(14)4-9(8)15/h2-5H,1H3. The van der Waals surface area contributed by atoms with Crippen molar-refractivity contribution in [2.75, 3.05) is 0 Å². The summed E-state index contributed by atoms with van der Waals surface area (Å²) in [6.45, 7) is 1.82. The van der Waals surface area contributed by atoms with E-state index in [9.17, 15) is 4.39 Å². The summed E-state index contributed by atoms with van der Waals surface area (Å²) < 4.78 is 15.7. The maximum absolute atomic E-state index is 13.2. The van der Waals surface area contributed by atoms with Crippen LogP contribution in [0.1, 0.15) is 5.82 Å². The zero-order valence-corrected chi connectivity index (χ0v) is 12.6. The monoisotopic (exact) mass is 388 g/mol. The van der Waals surface area contributed by atoms with Gasteiger partial charge in [-0.1, -0.05) is 11.6 Å². The van der Waals surface area contributed by atoms with Crippen LogP contribution in [0.25, 0.3) is 17.0 Å². The van der Waals surface area contributed by atoms with Gasteiger partial charge in [0.25, 0.3) is 0 Å². The second-order valence-corrected chi connectivity index (χ2v) is 5.52. The minimum absolute atomic E-state index is 0.278. The Labute approximate surface area is 126 Å². The van der Waals surface area contributed by atoms with Crippen molar-refractivity contribution in [1.82, 2.24) is 19.6 Å². The van der Waals surface area contributed by atoms with Gasteiger partial charge in [-0.25, -0.2) is 9.37 Å². The summed E-state index contributed by atoms with van der Waals surface area (Å²) in [5.74, 6) is 1.03. The first-order valence-corrected chi connectivity index (χ1v) is 6.85. The molecule has 0 radical (unpaired) electrons. The smallest absolute Gasteiger partial charge is 0.170 e. The SMILES string of the molecule is Cc1nc(Cl)cc2nnc(-c3ccc(F)cc3I)n12. The number of aromatic nitrogens is 4. The van der Waals surface area contributed by atoms with Gasteiger partial charge in [0.15, 0.2) is 11.5 Å². The van der Waals surface area contributed by atoms with Crippen LogP contribution in [0.2, 0.25) is 5.15 Å². The minimum atomic E-state index is -0.278. The van der Waals surface area contributed by atoms with Gasteiger partial charge in [0.1, 0.15) is 16.8 Å². The van der Waals surface area contributed by atoms with Crippen LogP contribution >= 0.6 is 34.2 Å². The van der Waals surface area contributed by atoms with Crippen LogP contribution in [0.4, 0.5) is 4.39 Å². The van der Waals surface area contributed by atoms with Gasteiger partial charge in [-0.3, -0.25) is 4.40 Å². The van der Waals surface area contributed by atoms with E-state index in [0.29, 0.717) is 22.4 Å². The average Bonchev–Trinajstić information content (AvgIpc) is 2.72. The van der Waals surface area contributed by atoms with Crippen molar-refractivity contribution in [3.05, 3.63) is 44.6 Å². The van der Waals surface area contributed by atoms with Crippen LogP contribution in [-0.4, -0.2) is 19.6 Å². The van der Waals surface area contributed by atoms with E-state index in [-0.39, 0.29) is 5.82 Å². The lowest BCUT2D eigenvalue weighted by Gasteiger charge is -2.05. The largest absolute Gasteiger partial charge is 0.263 e. The van der Waals surface area contributed by atoms with Crippen molar-refractivity contribution in [1.29, 1.82) is 0 Å². The Balaban J connectivity index is 2.31. The molecule has 2 aromatic heterocycles. The highest BCUT2D eigenvalue weighted by molar-refractivity contribution is 14.1. The highest BCUT2D eigenvalue weighted by atomic mass is 127. The molecule has 4 nitrogen and oxygen atoms in total. The fraction of sp³-hybridized carbons (Fsp3) is 0.0833. The molecule has 0 aliphatic rings. The van der Waals surface area contributed by atoms with E-state index in [4.69, 9.17) is 11.6 Å². The third-order valence-corrected chi connectivity index (χ3v) is 3.79. The molecule has 0 saturated carbocycles. The second kappa shape index (κ2) is 4.68. The first-order chi connectivity index (χ1) is 9.06. The molecule has 2 heterocycles. The molecule has 0 fully saturated rings. The van der Waals surface area contributed by atoms with Crippen LogP contribution in [-0.2, 0) is 0 Å². The maximum Gasteiger partial charge on any atom is 0.170 e. The topological polar surface area (TPSA) is 43.1 Å². The molecule has 3 rings (SSSR count). The van der Waals surface area contributed by atoms with Gasteiger partial charge in [0, 0.05) is 15.2 Å². The molecule has 0 atom stereocenters. The van der Waals surface area contributed by atoms with Gasteiger partial charge in [-0.2, -0.15) is 0 Å².